The van der Waals surface area contributed by atoms with Crippen LogP contribution in [0.5, 0.6) is 0 Å². The third-order valence-corrected chi connectivity index (χ3v) is 4.75. The van der Waals surface area contributed by atoms with Crippen LogP contribution in [0, 0.1) is 0 Å². The molecule has 0 radical (unpaired) electrons. The highest BCUT2D eigenvalue weighted by Gasteiger charge is 2.21. The molecule has 0 fully saturated rings. The molecule has 110 valence electrons. The Morgan fingerprint density at radius 1 is 1.33 bits per heavy atom. The number of pyridine rings is 1. The molecule has 0 aliphatic rings. The summed E-state index contributed by atoms with van der Waals surface area (Å²) in [5.74, 6) is -1.32. The van der Waals surface area contributed by atoms with Gasteiger partial charge in [-0.25, -0.2) is 8.42 Å². The van der Waals surface area contributed by atoms with Crippen LogP contribution < -0.4 is 11.1 Å². The Kier molecular flexibility index (Phi) is 4.59. The summed E-state index contributed by atoms with van der Waals surface area (Å²) in [6, 6.07) is 8.14. The molecule has 3 N–H and O–H groups in total. The Hall–Kier alpha value is -1.93. The van der Waals surface area contributed by atoms with Crippen molar-refractivity contribution in [3.05, 3.63) is 47.2 Å². The van der Waals surface area contributed by atoms with Crippen molar-refractivity contribution in [1.29, 1.82) is 0 Å². The molecule has 8 heteroatoms. The van der Waals surface area contributed by atoms with Crippen molar-refractivity contribution in [1.82, 2.24) is 4.98 Å². The highest BCUT2D eigenvalue weighted by molar-refractivity contribution is 9.10. The van der Waals surface area contributed by atoms with Crippen LogP contribution in [0.3, 0.4) is 0 Å². The molecule has 1 aromatic heterocycles. The molecule has 21 heavy (non-hydrogen) atoms. The van der Waals surface area contributed by atoms with Gasteiger partial charge in [-0.1, -0.05) is 22.0 Å². The van der Waals surface area contributed by atoms with Crippen molar-refractivity contribution in [2.45, 2.75) is 4.90 Å². The summed E-state index contributed by atoms with van der Waals surface area (Å²) in [5.41, 5.74) is 6.10. The molecule has 0 aliphatic heterocycles. The Morgan fingerprint density at radius 2 is 2.10 bits per heavy atom. The summed E-state index contributed by atoms with van der Waals surface area (Å²) in [5, 5.41) is 2.52. The number of rotatable bonds is 4. The number of hydrogen-bond donors (Lipinski definition) is 2. The maximum absolute atomic E-state index is 12.1. The van der Waals surface area contributed by atoms with Gasteiger partial charge in [0.1, 0.15) is 5.75 Å². The lowest BCUT2D eigenvalue weighted by Gasteiger charge is -2.08. The lowest BCUT2D eigenvalue weighted by atomic mass is 10.3. The van der Waals surface area contributed by atoms with E-state index in [-0.39, 0.29) is 10.6 Å². The zero-order chi connectivity index (χ0) is 15.5. The van der Waals surface area contributed by atoms with Crippen LogP contribution in [0.25, 0.3) is 0 Å². The number of nitrogen functional groups attached to an aromatic ring is 1. The van der Waals surface area contributed by atoms with Gasteiger partial charge in [0.25, 0.3) is 0 Å². The molecule has 0 bridgehead atoms. The number of benzene rings is 1. The summed E-state index contributed by atoms with van der Waals surface area (Å²) < 4.78 is 25.1. The normalized spacial score (nSPS) is 11.1. The van der Waals surface area contributed by atoms with Gasteiger partial charge in [0.15, 0.2) is 9.84 Å². The van der Waals surface area contributed by atoms with Crippen LogP contribution >= 0.6 is 15.9 Å². The first-order valence-corrected chi connectivity index (χ1v) is 8.31. The van der Waals surface area contributed by atoms with Crippen LogP contribution in [0.4, 0.5) is 11.4 Å². The van der Waals surface area contributed by atoms with Crippen LogP contribution in [0.2, 0.25) is 0 Å². The van der Waals surface area contributed by atoms with Crippen LogP contribution in [0.1, 0.15) is 0 Å². The smallest absolute Gasteiger partial charge is 0.239 e. The molecule has 0 unspecified atom stereocenters. The first-order chi connectivity index (χ1) is 9.88. The van der Waals surface area contributed by atoms with Crippen molar-refractivity contribution < 1.29 is 13.2 Å². The minimum absolute atomic E-state index is 0.0211. The number of anilines is 2. The van der Waals surface area contributed by atoms with Crippen molar-refractivity contribution >= 4 is 43.0 Å². The van der Waals surface area contributed by atoms with Crippen LogP contribution in [-0.2, 0) is 14.6 Å². The molecular weight excluding hydrogens is 358 g/mol. The third kappa shape index (κ3) is 4.02. The lowest BCUT2D eigenvalue weighted by molar-refractivity contribution is -0.113. The zero-order valence-electron chi connectivity index (χ0n) is 10.8. The molecule has 0 aliphatic carbocycles. The summed E-state index contributed by atoms with van der Waals surface area (Å²) in [4.78, 5) is 15.5. The molecule has 0 saturated heterocycles. The Bertz CT molecular complexity index is 778. The number of nitrogens with one attached hydrogen (secondary N) is 1. The first-order valence-electron chi connectivity index (χ1n) is 5.86. The second-order valence-electron chi connectivity index (χ2n) is 4.23. The predicted octanol–water partition coefficient (Wildman–Crippen LogP) is 1.84. The summed E-state index contributed by atoms with van der Waals surface area (Å²) in [6.07, 6.45) is 2.55. The van der Waals surface area contributed by atoms with Gasteiger partial charge in [0.05, 0.1) is 16.8 Å². The molecule has 1 aromatic carbocycles. The van der Waals surface area contributed by atoms with Gasteiger partial charge in [0, 0.05) is 16.4 Å². The van der Waals surface area contributed by atoms with Crippen LogP contribution in [-0.4, -0.2) is 25.1 Å². The largest absolute Gasteiger partial charge is 0.396 e. The molecule has 1 amide bonds. The number of halogens is 1. The number of nitrogens with zero attached hydrogens (tertiary/aromatic N) is 1. The van der Waals surface area contributed by atoms with Gasteiger partial charge in [0.2, 0.25) is 5.91 Å². The predicted molar refractivity (Wildman–Crippen MR) is 83.5 cm³/mol. The van der Waals surface area contributed by atoms with E-state index in [2.05, 4.69) is 26.2 Å². The fourth-order valence-corrected chi connectivity index (χ4v) is 3.34. The number of sulfone groups is 1. The number of carbonyl (C=O) groups excluding carboxylic acids is 1. The average Bonchev–Trinajstić information content (AvgIpc) is 2.38. The summed E-state index contributed by atoms with van der Waals surface area (Å²) in [7, 11) is -3.81. The maximum Gasteiger partial charge on any atom is 0.239 e. The highest BCUT2D eigenvalue weighted by atomic mass is 79.9. The number of aromatic nitrogens is 1. The van der Waals surface area contributed by atoms with E-state index in [4.69, 9.17) is 5.73 Å². The molecule has 1 heterocycles. The van der Waals surface area contributed by atoms with E-state index in [9.17, 15) is 13.2 Å². The monoisotopic (exact) mass is 369 g/mol. The fourth-order valence-electron chi connectivity index (χ4n) is 1.69. The van der Waals surface area contributed by atoms with Gasteiger partial charge >= 0.3 is 0 Å². The Morgan fingerprint density at radius 3 is 2.76 bits per heavy atom. The number of amides is 1. The van der Waals surface area contributed by atoms with E-state index < -0.39 is 21.5 Å². The number of hydrogen-bond acceptors (Lipinski definition) is 5. The fraction of sp³-hybridized carbons (Fsp3) is 0.0769. The van der Waals surface area contributed by atoms with Crippen molar-refractivity contribution in [2.75, 3.05) is 16.8 Å². The molecule has 2 aromatic rings. The minimum atomic E-state index is -3.81. The first kappa shape index (κ1) is 15.5. The standard InChI is InChI=1S/C13H12BrN3O3S/c14-9-2-1-3-10(6-9)17-13(18)8-21(19,20)12-4-5-16-7-11(12)15/h1-7H,8,15H2,(H,17,18). The average molecular weight is 370 g/mol. The topological polar surface area (TPSA) is 102 Å². The SMILES string of the molecule is Nc1cnccc1S(=O)(=O)CC(=O)Nc1cccc(Br)c1. The van der Waals surface area contributed by atoms with E-state index in [1.165, 1.54) is 18.5 Å². The molecule has 0 saturated carbocycles. The van der Waals surface area contributed by atoms with E-state index in [1.807, 2.05) is 0 Å². The van der Waals surface area contributed by atoms with Crippen molar-refractivity contribution in [3.63, 3.8) is 0 Å². The van der Waals surface area contributed by atoms with E-state index in [1.54, 1.807) is 24.3 Å². The quantitative estimate of drug-likeness (QED) is 0.855. The maximum atomic E-state index is 12.1. The van der Waals surface area contributed by atoms with E-state index in [0.717, 1.165) is 4.47 Å². The zero-order valence-corrected chi connectivity index (χ0v) is 13.2. The number of nitrogens with two attached hydrogens (primary N) is 1. The van der Waals surface area contributed by atoms with Crippen LogP contribution in [0.15, 0.2) is 52.1 Å². The van der Waals surface area contributed by atoms with Gasteiger partial charge in [-0.2, -0.15) is 0 Å². The Labute approximate surface area is 130 Å². The van der Waals surface area contributed by atoms with E-state index >= 15 is 0 Å². The molecular formula is C13H12BrN3O3S. The van der Waals surface area contributed by atoms with Gasteiger partial charge < -0.3 is 11.1 Å². The second kappa shape index (κ2) is 6.23. The van der Waals surface area contributed by atoms with Gasteiger partial charge in [-0.05, 0) is 24.3 Å². The summed E-state index contributed by atoms with van der Waals surface area (Å²) >= 11 is 3.27. The Balaban J connectivity index is 2.14. The minimum Gasteiger partial charge on any atom is -0.396 e. The van der Waals surface area contributed by atoms with Crippen molar-refractivity contribution in [2.24, 2.45) is 0 Å². The molecule has 6 nitrogen and oxygen atoms in total. The third-order valence-electron chi connectivity index (χ3n) is 2.57. The lowest BCUT2D eigenvalue weighted by Crippen LogP contribution is -2.23. The molecule has 2 rings (SSSR count). The summed E-state index contributed by atoms with van der Waals surface area (Å²) in [6.45, 7) is 0. The van der Waals surface area contributed by atoms with Gasteiger partial charge in [-0.15, -0.1) is 0 Å². The van der Waals surface area contributed by atoms with E-state index in [0.29, 0.717) is 5.69 Å². The second-order valence-corrected chi connectivity index (χ2v) is 7.10. The molecule has 0 spiro atoms. The number of carbonyl (C=O) groups is 1. The molecule has 0 atom stereocenters. The highest BCUT2D eigenvalue weighted by Crippen LogP contribution is 2.19. The van der Waals surface area contributed by atoms with Crippen molar-refractivity contribution in [3.8, 4) is 0 Å². The van der Waals surface area contributed by atoms with Gasteiger partial charge in [-0.3, -0.25) is 9.78 Å².